The van der Waals surface area contributed by atoms with Crippen molar-refractivity contribution in [2.75, 3.05) is 19.8 Å². The molecule has 1 amide bonds. The third-order valence-electron chi connectivity index (χ3n) is 4.54. The number of rotatable bonds is 7. The number of hydrogen-bond acceptors (Lipinski definition) is 2. The van der Waals surface area contributed by atoms with Crippen LogP contribution in [0.1, 0.15) is 35.2 Å². The minimum atomic E-state index is 0.0282. The fourth-order valence-electron chi connectivity index (χ4n) is 2.84. The highest BCUT2D eigenvalue weighted by molar-refractivity contribution is 7.98. The van der Waals surface area contributed by atoms with Crippen LogP contribution < -0.4 is 10.2 Å². The molecule has 25 heavy (non-hydrogen) atoms. The Morgan fingerprint density at radius 3 is 2.40 bits per heavy atom. The van der Waals surface area contributed by atoms with Crippen LogP contribution in [0.2, 0.25) is 0 Å². The smallest absolute Gasteiger partial charge is 0.275 e. The summed E-state index contributed by atoms with van der Waals surface area (Å²) in [4.78, 5) is 14.8. The second kappa shape index (κ2) is 9.07. The Morgan fingerprint density at radius 1 is 1.12 bits per heavy atom. The Hall–Kier alpha value is -1.78. The number of quaternary nitrogens is 1. The van der Waals surface area contributed by atoms with Gasteiger partial charge in [0.1, 0.15) is 6.54 Å². The number of hydrogen-bond donors (Lipinski definition) is 2. The van der Waals surface area contributed by atoms with Gasteiger partial charge in [-0.15, -0.1) is 11.8 Å². The lowest BCUT2D eigenvalue weighted by Gasteiger charge is -2.18. The normalized spacial score (nSPS) is 13.3. The molecule has 0 saturated heterocycles. The van der Waals surface area contributed by atoms with Gasteiger partial charge < -0.3 is 10.2 Å². The Morgan fingerprint density at radius 2 is 1.80 bits per heavy atom. The first-order chi connectivity index (χ1) is 11.9. The fourth-order valence-corrected chi connectivity index (χ4v) is 3.25. The molecule has 0 aliphatic carbocycles. The fraction of sp³-hybridized carbons (Fsp3) is 0.381. The highest BCUT2D eigenvalue weighted by Crippen LogP contribution is 2.16. The maximum atomic E-state index is 12.3. The second-order valence-electron chi connectivity index (χ2n) is 6.79. The average molecular weight is 358 g/mol. The van der Waals surface area contributed by atoms with E-state index in [1.165, 1.54) is 26.5 Å². The SMILES string of the molecule is CSc1ccc(C[NH+](C)CC(=O)N[C@H](C)c2ccc(C)c(C)c2)cc1. The molecule has 3 nitrogen and oxygen atoms in total. The van der Waals surface area contributed by atoms with E-state index in [4.69, 9.17) is 0 Å². The number of carbonyl (C=O) groups is 1. The summed E-state index contributed by atoms with van der Waals surface area (Å²) in [6, 6.07) is 14.9. The molecule has 0 spiro atoms. The lowest BCUT2D eigenvalue weighted by atomic mass is 10.0. The first-order valence-electron chi connectivity index (χ1n) is 8.69. The van der Waals surface area contributed by atoms with Crippen molar-refractivity contribution in [2.24, 2.45) is 0 Å². The summed E-state index contributed by atoms with van der Waals surface area (Å²) in [7, 11) is 2.06. The number of aryl methyl sites for hydroxylation is 2. The van der Waals surface area contributed by atoms with E-state index in [0.29, 0.717) is 6.54 Å². The van der Waals surface area contributed by atoms with E-state index in [-0.39, 0.29) is 11.9 Å². The van der Waals surface area contributed by atoms with Gasteiger partial charge in [-0.2, -0.15) is 0 Å². The molecule has 0 bridgehead atoms. The first kappa shape index (κ1) is 19.5. The van der Waals surface area contributed by atoms with Crippen molar-refractivity contribution in [3.8, 4) is 0 Å². The van der Waals surface area contributed by atoms with Crippen LogP contribution in [0.3, 0.4) is 0 Å². The summed E-state index contributed by atoms with van der Waals surface area (Å²) in [5, 5.41) is 3.11. The van der Waals surface area contributed by atoms with Gasteiger partial charge in [-0.3, -0.25) is 4.79 Å². The topological polar surface area (TPSA) is 33.5 Å². The van der Waals surface area contributed by atoms with Crippen molar-refractivity contribution in [3.63, 3.8) is 0 Å². The van der Waals surface area contributed by atoms with Crippen molar-refractivity contribution < 1.29 is 9.69 Å². The van der Waals surface area contributed by atoms with E-state index in [1.54, 1.807) is 11.8 Å². The Balaban J connectivity index is 1.86. The van der Waals surface area contributed by atoms with Crippen LogP contribution >= 0.6 is 11.8 Å². The van der Waals surface area contributed by atoms with Crippen LogP contribution in [0.15, 0.2) is 47.4 Å². The summed E-state index contributed by atoms with van der Waals surface area (Å²) in [5.41, 5.74) is 4.95. The lowest BCUT2D eigenvalue weighted by molar-refractivity contribution is -0.885. The van der Waals surface area contributed by atoms with E-state index < -0.39 is 0 Å². The number of thioether (sulfide) groups is 1. The molecule has 2 aromatic carbocycles. The predicted octanol–water partition coefficient (Wildman–Crippen LogP) is 2.92. The zero-order valence-corrected chi connectivity index (χ0v) is 16.7. The quantitative estimate of drug-likeness (QED) is 0.747. The van der Waals surface area contributed by atoms with E-state index in [9.17, 15) is 4.79 Å². The molecule has 0 radical (unpaired) electrons. The number of benzene rings is 2. The molecule has 0 fully saturated rings. The number of amides is 1. The van der Waals surface area contributed by atoms with Gasteiger partial charge in [0.15, 0.2) is 6.54 Å². The maximum absolute atomic E-state index is 12.3. The summed E-state index contributed by atoms with van der Waals surface area (Å²) in [5.74, 6) is 0.0870. The molecule has 2 rings (SSSR count). The minimum absolute atomic E-state index is 0.0282. The lowest BCUT2D eigenvalue weighted by Crippen LogP contribution is -3.08. The van der Waals surface area contributed by atoms with E-state index in [1.807, 2.05) is 6.92 Å². The zero-order chi connectivity index (χ0) is 18.4. The molecule has 4 heteroatoms. The molecule has 0 aliphatic rings. The summed E-state index contributed by atoms with van der Waals surface area (Å²) in [6.45, 7) is 7.57. The minimum Gasteiger partial charge on any atom is -0.345 e. The first-order valence-corrected chi connectivity index (χ1v) is 9.92. The van der Waals surface area contributed by atoms with Crippen LogP contribution in [0, 0.1) is 13.8 Å². The van der Waals surface area contributed by atoms with Gasteiger partial charge in [-0.1, -0.05) is 30.3 Å². The molecule has 0 aliphatic heterocycles. The van der Waals surface area contributed by atoms with Crippen LogP contribution in [-0.4, -0.2) is 25.8 Å². The maximum Gasteiger partial charge on any atom is 0.275 e. The molecule has 2 atom stereocenters. The van der Waals surface area contributed by atoms with Crippen molar-refractivity contribution in [1.82, 2.24) is 5.32 Å². The van der Waals surface area contributed by atoms with Crippen molar-refractivity contribution in [3.05, 3.63) is 64.7 Å². The molecule has 2 aromatic rings. The molecule has 0 heterocycles. The predicted molar refractivity (Wildman–Crippen MR) is 106 cm³/mol. The highest BCUT2D eigenvalue weighted by atomic mass is 32.2. The van der Waals surface area contributed by atoms with Crippen LogP contribution in [-0.2, 0) is 11.3 Å². The molecule has 134 valence electrons. The van der Waals surface area contributed by atoms with Gasteiger partial charge >= 0.3 is 0 Å². The monoisotopic (exact) mass is 357 g/mol. The van der Waals surface area contributed by atoms with Gasteiger partial charge in [0.05, 0.1) is 13.1 Å². The van der Waals surface area contributed by atoms with Crippen LogP contribution in [0.5, 0.6) is 0 Å². The Bertz CT molecular complexity index is 712. The number of nitrogens with one attached hydrogen (secondary N) is 2. The van der Waals surface area contributed by atoms with Crippen molar-refractivity contribution in [2.45, 2.75) is 38.3 Å². The Labute approximate surface area is 155 Å². The third-order valence-corrected chi connectivity index (χ3v) is 5.28. The number of carbonyl (C=O) groups excluding carboxylic acids is 1. The van der Waals surface area contributed by atoms with E-state index in [2.05, 4.69) is 74.9 Å². The molecule has 0 aromatic heterocycles. The molecule has 2 N–H and O–H groups in total. The molecular weight excluding hydrogens is 328 g/mol. The third kappa shape index (κ3) is 5.91. The van der Waals surface area contributed by atoms with Gasteiger partial charge in [0.2, 0.25) is 0 Å². The summed E-state index contributed by atoms with van der Waals surface area (Å²) < 4.78 is 0. The second-order valence-corrected chi connectivity index (χ2v) is 7.67. The van der Waals surface area contributed by atoms with Gasteiger partial charge in [-0.25, -0.2) is 0 Å². The van der Waals surface area contributed by atoms with Gasteiger partial charge in [0.25, 0.3) is 5.91 Å². The molecular formula is C21H29N2OS+. The highest BCUT2D eigenvalue weighted by Gasteiger charge is 2.14. The zero-order valence-electron chi connectivity index (χ0n) is 15.8. The summed E-state index contributed by atoms with van der Waals surface area (Å²) >= 11 is 1.74. The van der Waals surface area contributed by atoms with Crippen LogP contribution in [0.4, 0.5) is 0 Å². The van der Waals surface area contributed by atoms with Crippen molar-refractivity contribution in [1.29, 1.82) is 0 Å². The van der Waals surface area contributed by atoms with Crippen molar-refractivity contribution >= 4 is 17.7 Å². The van der Waals surface area contributed by atoms with E-state index >= 15 is 0 Å². The van der Waals surface area contributed by atoms with E-state index in [0.717, 1.165) is 12.1 Å². The standard InChI is InChI=1S/C21H28N2OS/c1-15-6-9-19(12-16(15)2)17(3)22-21(24)14-23(4)13-18-7-10-20(25-5)11-8-18/h6-12,17H,13-14H2,1-5H3,(H,22,24)/p+1/t17-/m1/s1. The average Bonchev–Trinajstić information content (AvgIpc) is 2.57. The summed E-state index contributed by atoms with van der Waals surface area (Å²) in [6.07, 6.45) is 2.08. The molecule has 0 saturated carbocycles. The van der Waals surface area contributed by atoms with Gasteiger partial charge in [0, 0.05) is 10.5 Å². The Kier molecular flexibility index (Phi) is 7.09. The number of likely N-dealkylation sites (N-methyl/N-ethyl adjacent to an activating group) is 1. The largest absolute Gasteiger partial charge is 0.345 e. The van der Waals surface area contributed by atoms with Crippen LogP contribution in [0.25, 0.3) is 0 Å². The molecule has 1 unspecified atom stereocenters. The van der Waals surface area contributed by atoms with Gasteiger partial charge in [-0.05, 0) is 55.9 Å².